The highest BCUT2D eigenvalue weighted by molar-refractivity contribution is 7.47. The minimum atomic E-state index is -4.97. The van der Waals surface area contributed by atoms with Crippen molar-refractivity contribution in [3.8, 4) is 0 Å². The molecule has 0 saturated heterocycles. The van der Waals surface area contributed by atoms with Gasteiger partial charge in [0.2, 0.25) is 0 Å². The molecule has 0 aromatic heterocycles. The summed E-state index contributed by atoms with van der Waals surface area (Å²) in [5, 5.41) is 10.6. The van der Waals surface area contributed by atoms with Crippen molar-refractivity contribution in [2.75, 3.05) is 39.6 Å². The monoisotopic (exact) mass is 1330 g/mol. The quantitative estimate of drug-likeness (QED) is 0.0169. The minimum absolute atomic E-state index is 0.0781. The zero-order chi connectivity index (χ0) is 67.0. The Bertz CT molecular complexity index is 1940. The Labute approximate surface area is 553 Å². The van der Waals surface area contributed by atoms with E-state index in [-0.39, 0.29) is 25.7 Å². The van der Waals surface area contributed by atoms with Gasteiger partial charge in [-0.3, -0.25) is 37.3 Å². The highest BCUT2D eigenvalue weighted by atomic mass is 31.2. The molecule has 3 N–H and O–H groups in total. The fourth-order valence-corrected chi connectivity index (χ4v) is 11.5. The lowest BCUT2D eigenvalue weighted by molar-refractivity contribution is -0.161. The van der Waals surface area contributed by atoms with Gasteiger partial charge in [-0.2, -0.15) is 0 Å². The van der Waals surface area contributed by atoms with Crippen molar-refractivity contribution >= 4 is 39.5 Å². The fourth-order valence-electron chi connectivity index (χ4n) is 9.92. The second-order valence-electron chi connectivity index (χ2n) is 25.1. The van der Waals surface area contributed by atoms with Crippen molar-refractivity contribution in [3.63, 3.8) is 0 Å². The molecule has 17 nitrogen and oxygen atoms in total. The predicted molar refractivity (Wildman–Crippen MR) is 367 cm³/mol. The summed E-state index contributed by atoms with van der Waals surface area (Å²) in [4.78, 5) is 72.5. The van der Waals surface area contributed by atoms with Crippen molar-refractivity contribution in [2.45, 2.75) is 342 Å². The summed E-state index contributed by atoms with van der Waals surface area (Å²) in [5.74, 6) is -1.51. The molecule has 91 heavy (non-hydrogen) atoms. The van der Waals surface area contributed by atoms with E-state index in [4.69, 9.17) is 37.0 Å². The second kappa shape index (κ2) is 64.4. The number of aliphatic hydroxyl groups excluding tert-OH is 1. The Morgan fingerprint density at radius 1 is 0.341 bits per heavy atom. The highest BCUT2D eigenvalue weighted by Gasteiger charge is 2.30. The van der Waals surface area contributed by atoms with Crippen LogP contribution in [0.2, 0.25) is 0 Å². The highest BCUT2D eigenvalue weighted by Crippen LogP contribution is 2.45. The van der Waals surface area contributed by atoms with Gasteiger partial charge in [0.15, 0.2) is 12.2 Å². The molecule has 0 rings (SSSR count). The summed E-state index contributed by atoms with van der Waals surface area (Å²) < 4.78 is 68.2. The van der Waals surface area contributed by atoms with E-state index in [1.807, 2.05) is 0 Å². The molecule has 532 valence electrons. The van der Waals surface area contributed by atoms with Gasteiger partial charge in [-0.05, 0) is 83.0 Å². The second-order valence-corrected chi connectivity index (χ2v) is 28.0. The summed E-state index contributed by atoms with van der Waals surface area (Å²) >= 11 is 0. The molecule has 0 aliphatic rings. The van der Waals surface area contributed by atoms with E-state index in [0.29, 0.717) is 31.6 Å². The molecule has 0 amide bonds. The number of carbonyl (C=O) groups is 4. The number of allylic oxidation sites excluding steroid dienone is 8. The zero-order valence-corrected chi connectivity index (χ0v) is 59.7. The van der Waals surface area contributed by atoms with Crippen LogP contribution >= 0.6 is 15.6 Å². The van der Waals surface area contributed by atoms with E-state index in [1.165, 1.54) is 109 Å². The first-order valence-corrected chi connectivity index (χ1v) is 39.3. The molecule has 0 saturated carbocycles. The third-order valence-corrected chi connectivity index (χ3v) is 17.4. The molecule has 0 aromatic carbocycles. The Morgan fingerprint density at radius 3 is 0.901 bits per heavy atom. The molecular formula is C72H132O17P2. The van der Waals surface area contributed by atoms with Crippen LogP contribution in [0.25, 0.3) is 0 Å². The van der Waals surface area contributed by atoms with Crippen molar-refractivity contribution in [1.82, 2.24) is 0 Å². The molecule has 0 aliphatic heterocycles. The number of esters is 4. The van der Waals surface area contributed by atoms with Gasteiger partial charge in [-0.15, -0.1) is 0 Å². The van der Waals surface area contributed by atoms with Gasteiger partial charge in [0.25, 0.3) is 0 Å². The van der Waals surface area contributed by atoms with Crippen LogP contribution in [0.3, 0.4) is 0 Å². The summed E-state index contributed by atoms with van der Waals surface area (Å²) in [6.07, 6.45) is 57.2. The minimum Gasteiger partial charge on any atom is -0.462 e. The lowest BCUT2D eigenvalue weighted by Crippen LogP contribution is -2.30. The fraction of sp³-hybridized carbons (Fsp3) is 0.833. The van der Waals surface area contributed by atoms with Crippen LogP contribution in [0.1, 0.15) is 324 Å². The van der Waals surface area contributed by atoms with Crippen molar-refractivity contribution < 1.29 is 80.2 Å². The molecule has 19 heteroatoms. The van der Waals surface area contributed by atoms with Gasteiger partial charge >= 0.3 is 39.5 Å². The Hall–Kier alpha value is -2.98. The summed E-state index contributed by atoms with van der Waals surface area (Å²) in [6, 6.07) is 0. The summed E-state index contributed by atoms with van der Waals surface area (Å²) in [7, 11) is -9.93. The van der Waals surface area contributed by atoms with Crippen LogP contribution in [0.15, 0.2) is 48.6 Å². The third-order valence-electron chi connectivity index (χ3n) is 15.5. The number of phosphoric acid groups is 2. The van der Waals surface area contributed by atoms with Crippen molar-refractivity contribution in [2.24, 2.45) is 5.92 Å². The maximum absolute atomic E-state index is 13.0. The molecular weight excluding hydrogens is 1200 g/mol. The van der Waals surface area contributed by atoms with Gasteiger partial charge in [0.05, 0.1) is 26.4 Å². The van der Waals surface area contributed by atoms with E-state index >= 15 is 0 Å². The Balaban J connectivity index is 5.31. The van der Waals surface area contributed by atoms with E-state index in [0.717, 1.165) is 128 Å². The number of unbranched alkanes of at least 4 members (excludes halogenated alkanes) is 34. The normalized spacial score (nSPS) is 14.4. The van der Waals surface area contributed by atoms with Gasteiger partial charge in [0.1, 0.15) is 19.3 Å². The number of ether oxygens (including phenoxy) is 4. The Morgan fingerprint density at radius 2 is 0.593 bits per heavy atom. The van der Waals surface area contributed by atoms with Gasteiger partial charge in [-0.25, -0.2) is 9.13 Å². The molecule has 0 aliphatic carbocycles. The van der Waals surface area contributed by atoms with Crippen LogP contribution in [-0.2, 0) is 65.4 Å². The molecule has 0 radical (unpaired) electrons. The van der Waals surface area contributed by atoms with Crippen LogP contribution in [0.4, 0.5) is 0 Å². The van der Waals surface area contributed by atoms with Gasteiger partial charge in [-0.1, -0.05) is 269 Å². The first-order chi connectivity index (χ1) is 44.0. The molecule has 0 spiro atoms. The first kappa shape index (κ1) is 88.0. The topological polar surface area (TPSA) is 237 Å². The van der Waals surface area contributed by atoms with Gasteiger partial charge < -0.3 is 33.8 Å². The molecule has 2 unspecified atom stereocenters. The molecule has 5 atom stereocenters. The third kappa shape index (κ3) is 65.5. The zero-order valence-electron chi connectivity index (χ0n) is 57.9. The smallest absolute Gasteiger partial charge is 0.462 e. The van der Waals surface area contributed by atoms with Gasteiger partial charge in [0, 0.05) is 25.7 Å². The van der Waals surface area contributed by atoms with Crippen molar-refractivity contribution in [3.05, 3.63) is 48.6 Å². The van der Waals surface area contributed by atoms with E-state index in [2.05, 4.69) is 83.2 Å². The van der Waals surface area contributed by atoms with E-state index in [1.54, 1.807) is 0 Å². The average Bonchev–Trinajstić information content (AvgIpc) is 2.78. The Kier molecular flexibility index (Phi) is 62.3. The van der Waals surface area contributed by atoms with E-state index in [9.17, 15) is 43.2 Å². The molecule has 0 heterocycles. The first-order valence-electron chi connectivity index (χ1n) is 36.3. The summed E-state index contributed by atoms with van der Waals surface area (Å²) in [5.41, 5.74) is 0. The predicted octanol–water partition coefficient (Wildman–Crippen LogP) is 20.0. The number of phosphoric ester groups is 2. The maximum atomic E-state index is 13.0. The molecule has 0 aromatic rings. The number of rotatable bonds is 68. The average molecular weight is 1330 g/mol. The molecule has 0 bridgehead atoms. The maximum Gasteiger partial charge on any atom is 0.472 e. The van der Waals surface area contributed by atoms with Crippen LogP contribution in [0.5, 0.6) is 0 Å². The number of carbonyl (C=O) groups excluding carboxylic acids is 4. The number of hydrogen-bond acceptors (Lipinski definition) is 15. The SMILES string of the molecule is CCCCCC/C=C\C=C/CCCCCCCC(=O)OC[C@H](COP(=O)(O)OC[C@@H](O)COP(=O)(O)OC[C@@H](COC(=O)CCCCCCCCC(C)C)OC(=O)CCCCCCCCCCCCCC)OC(=O)CCCCCCC/C=C\C=C/CCCCCC. The van der Waals surface area contributed by atoms with Crippen LogP contribution < -0.4 is 0 Å². The summed E-state index contributed by atoms with van der Waals surface area (Å²) in [6.45, 7) is 7.04. The van der Waals surface area contributed by atoms with Crippen LogP contribution in [0, 0.1) is 5.92 Å². The van der Waals surface area contributed by atoms with E-state index < -0.39 is 97.5 Å². The number of aliphatic hydroxyl groups is 1. The lowest BCUT2D eigenvalue weighted by Gasteiger charge is -2.21. The lowest BCUT2D eigenvalue weighted by atomic mass is 10.0. The largest absolute Gasteiger partial charge is 0.472 e. The standard InChI is InChI=1S/C72H132O17P2/c1-6-9-12-15-18-21-24-27-29-31-34-36-39-45-50-55-69(74)82-61-67(88-72(77)58-53-48-41-38-35-32-30-28-25-22-19-16-13-10-7-2)63-86-90(78,79)84-59-66(73)60-85-91(80,81)87-64-68(62-83-70(75)56-51-46-43-42-44-49-54-65(4)5)89-71(76)57-52-47-40-37-33-26-23-20-17-14-11-8-3/h21-22,24-25,27-30,65-68,73H,6-20,23,26,31-64H2,1-5H3,(H,78,79)(H,80,81)/b24-21-,25-22-,29-27-,30-28-/t66-,67-,68-/m1/s1. The van der Waals surface area contributed by atoms with Crippen LogP contribution in [-0.4, -0.2) is 96.7 Å². The molecule has 0 fully saturated rings. The number of hydrogen-bond donors (Lipinski definition) is 3. The van der Waals surface area contributed by atoms with Crippen molar-refractivity contribution in [1.29, 1.82) is 0 Å².